The summed E-state index contributed by atoms with van der Waals surface area (Å²) in [5, 5.41) is 16.3. The SMILES string of the molecule is COc1ccc(F)cc1C(O)c1cn[nH]c1N. The summed E-state index contributed by atoms with van der Waals surface area (Å²) in [6.07, 6.45) is 0.309. The van der Waals surface area contributed by atoms with Crippen LogP contribution in [0.3, 0.4) is 0 Å². The zero-order valence-electron chi connectivity index (χ0n) is 9.14. The number of nitrogens with zero attached hydrogens (tertiary/aromatic N) is 1. The fourth-order valence-corrected chi connectivity index (χ4v) is 1.61. The van der Waals surface area contributed by atoms with Gasteiger partial charge < -0.3 is 15.6 Å². The average Bonchev–Trinajstić information content (AvgIpc) is 2.74. The molecular weight excluding hydrogens is 225 g/mol. The van der Waals surface area contributed by atoms with Crippen LogP contribution >= 0.6 is 0 Å². The van der Waals surface area contributed by atoms with E-state index in [1.807, 2.05) is 0 Å². The minimum Gasteiger partial charge on any atom is -0.496 e. The maximum atomic E-state index is 13.2. The number of hydrogen-bond acceptors (Lipinski definition) is 4. The number of aromatic amines is 1. The lowest BCUT2D eigenvalue weighted by atomic mass is 10.0. The van der Waals surface area contributed by atoms with E-state index in [0.29, 0.717) is 16.9 Å². The first-order chi connectivity index (χ1) is 8.13. The lowest BCUT2D eigenvalue weighted by molar-refractivity contribution is 0.215. The van der Waals surface area contributed by atoms with Gasteiger partial charge in [0, 0.05) is 11.1 Å². The molecule has 0 aliphatic rings. The van der Waals surface area contributed by atoms with Gasteiger partial charge in [-0.1, -0.05) is 0 Å². The Morgan fingerprint density at radius 3 is 2.82 bits per heavy atom. The van der Waals surface area contributed by atoms with Crippen LogP contribution in [0.15, 0.2) is 24.4 Å². The molecule has 1 atom stereocenters. The van der Waals surface area contributed by atoms with Crippen LogP contribution < -0.4 is 10.5 Å². The van der Waals surface area contributed by atoms with Gasteiger partial charge in [-0.25, -0.2) is 4.39 Å². The number of ether oxygens (including phenoxy) is 1. The molecule has 90 valence electrons. The number of benzene rings is 1. The largest absolute Gasteiger partial charge is 0.496 e. The number of aliphatic hydroxyl groups excluding tert-OH is 1. The van der Waals surface area contributed by atoms with Crippen LogP contribution in [0.25, 0.3) is 0 Å². The predicted molar refractivity (Wildman–Crippen MR) is 60.0 cm³/mol. The molecular formula is C11H12FN3O2. The van der Waals surface area contributed by atoms with Crippen LogP contribution in [0.4, 0.5) is 10.2 Å². The lowest BCUT2D eigenvalue weighted by Gasteiger charge is -2.14. The molecule has 0 amide bonds. The van der Waals surface area contributed by atoms with Crippen molar-refractivity contribution in [3.8, 4) is 5.75 Å². The fraction of sp³-hybridized carbons (Fsp3) is 0.182. The Morgan fingerprint density at radius 2 is 2.24 bits per heavy atom. The van der Waals surface area contributed by atoms with Gasteiger partial charge in [0.2, 0.25) is 0 Å². The molecule has 0 aliphatic heterocycles. The Balaban J connectivity index is 2.46. The van der Waals surface area contributed by atoms with E-state index in [1.54, 1.807) is 0 Å². The van der Waals surface area contributed by atoms with Gasteiger partial charge in [0.1, 0.15) is 23.5 Å². The zero-order valence-corrected chi connectivity index (χ0v) is 9.14. The third-order valence-electron chi connectivity index (χ3n) is 2.48. The van der Waals surface area contributed by atoms with Crippen LogP contribution in [-0.2, 0) is 0 Å². The molecule has 4 N–H and O–H groups in total. The molecule has 17 heavy (non-hydrogen) atoms. The normalized spacial score (nSPS) is 12.4. The van der Waals surface area contributed by atoms with Crippen LogP contribution in [0.2, 0.25) is 0 Å². The summed E-state index contributed by atoms with van der Waals surface area (Å²) in [6, 6.07) is 3.91. The summed E-state index contributed by atoms with van der Waals surface area (Å²) in [7, 11) is 1.45. The minimum absolute atomic E-state index is 0.240. The number of methoxy groups -OCH3 is 1. The number of anilines is 1. The first kappa shape index (κ1) is 11.4. The molecule has 0 saturated carbocycles. The van der Waals surface area contributed by atoms with Crippen LogP contribution in [0.1, 0.15) is 17.2 Å². The fourth-order valence-electron chi connectivity index (χ4n) is 1.61. The Hall–Kier alpha value is -2.08. The highest BCUT2D eigenvalue weighted by Gasteiger charge is 2.19. The number of aromatic nitrogens is 2. The molecule has 0 radical (unpaired) electrons. The molecule has 2 aromatic rings. The van der Waals surface area contributed by atoms with E-state index >= 15 is 0 Å². The zero-order chi connectivity index (χ0) is 12.4. The molecule has 0 spiro atoms. The summed E-state index contributed by atoms with van der Waals surface area (Å²) in [5.74, 6) is 0.172. The number of nitrogens with one attached hydrogen (secondary N) is 1. The Bertz CT molecular complexity index is 527. The smallest absolute Gasteiger partial charge is 0.125 e. The van der Waals surface area contributed by atoms with Gasteiger partial charge in [-0.3, -0.25) is 5.10 Å². The number of H-pyrrole nitrogens is 1. The first-order valence-corrected chi connectivity index (χ1v) is 4.93. The van der Waals surface area contributed by atoms with Gasteiger partial charge in [-0.15, -0.1) is 0 Å². The van der Waals surface area contributed by atoms with Crippen molar-refractivity contribution in [3.05, 3.63) is 41.3 Å². The van der Waals surface area contributed by atoms with E-state index in [9.17, 15) is 9.50 Å². The van der Waals surface area contributed by atoms with E-state index in [-0.39, 0.29) is 5.82 Å². The summed E-state index contributed by atoms with van der Waals surface area (Å²) < 4.78 is 18.2. The highest BCUT2D eigenvalue weighted by Crippen LogP contribution is 2.32. The lowest BCUT2D eigenvalue weighted by Crippen LogP contribution is -2.04. The molecule has 0 fully saturated rings. The summed E-state index contributed by atoms with van der Waals surface area (Å²) in [5.41, 5.74) is 6.29. The Labute approximate surface area is 97.0 Å². The van der Waals surface area contributed by atoms with Crippen molar-refractivity contribution < 1.29 is 14.2 Å². The maximum Gasteiger partial charge on any atom is 0.125 e. The second-order valence-electron chi connectivity index (χ2n) is 3.53. The van der Waals surface area contributed by atoms with Crippen LogP contribution in [0.5, 0.6) is 5.75 Å². The third kappa shape index (κ3) is 2.07. The second-order valence-corrected chi connectivity index (χ2v) is 3.53. The molecule has 1 heterocycles. The van der Waals surface area contributed by atoms with Gasteiger partial charge in [0.25, 0.3) is 0 Å². The standard InChI is InChI=1S/C11H12FN3O2/c1-17-9-3-2-6(12)4-7(9)10(16)8-5-14-15-11(8)13/h2-5,10,16H,1H3,(H3,13,14,15). The summed E-state index contributed by atoms with van der Waals surface area (Å²) in [4.78, 5) is 0. The second kappa shape index (κ2) is 4.42. The number of rotatable bonds is 3. The number of aliphatic hydroxyl groups is 1. The number of hydrogen-bond donors (Lipinski definition) is 3. The van der Waals surface area contributed by atoms with E-state index < -0.39 is 11.9 Å². The van der Waals surface area contributed by atoms with Gasteiger partial charge in [-0.2, -0.15) is 5.10 Å². The first-order valence-electron chi connectivity index (χ1n) is 4.93. The third-order valence-corrected chi connectivity index (χ3v) is 2.48. The van der Waals surface area contributed by atoms with Crippen molar-refractivity contribution in [2.75, 3.05) is 12.8 Å². The van der Waals surface area contributed by atoms with Crippen LogP contribution in [-0.4, -0.2) is 22.4 Å². The summed E-state index contributed by atoms with van der Waals surface area (Å²) in [6.45, 7) is 0. The van der Waals surface area contributed by atoms with Crippen molar-refractivity contribution in [3.63, 3.8) is 0 Å². The van der Waals surface area contributed by atoms with E-state index in [0.717, 1.165) is 0 Å². The van der Waals surface area contributed by atoms with Crippen molar-refractivity contribution in [2.24, 2.45) is 0 Å². The van der Waals surface area contributed by atoms with E-state index in [2.05, 4.69) is 10.2 Å². The van der Waals surface area contributed by atoms with Gasteiger partial charge in [0.05, 0.1) is 13.3 Å². The average molecular weight is 237 g/mol. The molecule has 0 bridgehead atoms. The van der Waals surface area contributed by atoms with Crippen molar-refractivity contribution in [1.29, 1.82) is 0 Å². The van der Waals surface area contributed by atoms with Gasteiger partial charge in [0.15, 0.2) is 0 Å². The van der Waals surface area contributed by atoms with Crippen molar-refractivity contribution in [1.82, 2.24) is 10.2 Å². The van der Waals surface area contributed by atoms with Gasteiger partial charge >= 0.3 is 0 Å². The quantitative estimate of drug-likeness (QED) is 0.749. The molecule has 5 nitrogen and oxygen atoms in total. The minimum atomic E-state index is -1.08. The number of nitrogen functional groups attached to an aromatic ring is 1. The Kier molecular flexibility index (Phi) is 2.97. The highest BCUT2D eigenvalue weighted by molar-refractivity contribution is 5.47. The number of nitrogens with two attached hydrogens (primary N) is 1. The maximum absolute atomic E-state index is 13.2. The number of halogens is 1. The van der Waals surface area contributed by atoms with Crippen molar-refractivity contribution >= 4 is 5.82 Å². The van der Waals surface area contributed by atoms with Crippen LogP contribution in [0, 0.1) is 5.82 Å². The molecule has 0 saturated heterocycles. The molecule has 2 rings (SSSR count). The molecule has 6 heteroatoms. The molecule has 1 aromatic carbocycles. The topological polar surface area (TPSA) is 84.2 Å². The molecule has 0 aliphatic carbocycles. The molecule has 1 aromatic heterocycles. The highest BCUT2D eigenvalue weighted by atomic mass is 19.1. The molecule has 1 unspecified atom stereocenters. The van der Waals surface area contributed by atoms with E-state index in [4.69, 9.17) is 10.5 Å². The Morgan fingerprint density at radius 1 is 1.47 bits per heavy atom. The summed E-state index contributed by atoms with van der Waals surface area (Å²) >= 11 is 0. The van der Waals surface area contributed by atoms with Crippen molar-refractivity contribution in [2.45, 2.75) is 6.10 Å². The van der Waals surface area contributed by atoms with Gasteiger partial charge in [-0.05, 0) is 18.2 Å². The van der Waals surface area contributed by atoms with E-state index in [1.165, 1.54) is 31.5 Å². The predicted octanol–water partition coefficient (Wildman–Crippen LogP) is 1.22. The monoisotopic (exact) mass is 237 g/mol.